The molecule has 1 unspecified atom stereocenters. The van der Waals surface area contributed by atoms with Crippen LogP contribution in [0.1, 0.15) is 6.42 Å². The molecule has 0 aromatic rings. The standard InChI is InChI=1S/C5H9N2O/c1-7(4-8)5-2-3-6-5/h5-6H,2-3H2,1H3. The van der Waals surface area contributed by atoms with E-state index in [0.29, 0.717) is 0 Å². The van der Waals surface area contributed by atoms with E-state index in [9.17, 15) is 4.79 Å². The fourth-order valence-electron chi connectivity index (χ4n) is 0.668. The number of carbonyl (C=O) groups excluding carboxylic acids is 1. The van der Waals surface area contributed by atoms with Gasteiger partial charge < -0.3 is 4.90 Å². The van der Waals surface area contributed by atoms with Crippen LogP contribution in [-0.4, -0.2) is 31.1 Å². The molecule has 1 fully saturated rings. The molecule has 1 saturated heterocycles. The Hall–Kier alpha value is -0.570. The highest BCUT2D eigenvalue weighted by Crippen LogP contribution is 2.02. The Labute approximate surface area is 48.7 Å². The third kappa shape index (κ3) is 0.816. The molecule has 1 rings (SSSR count). The fraction of sp³-hybridized carbons (Fsp3) is 0.800. The van der Waals surface area contributed by atoms with Gasteiger partial charge in [0.05, 0.1) is 6.17 Å². The molecule has 1 amide bonds. The first-order valence-corrected chi connectivity index (χ1v) is 2.68. The van der Waals surface area contributed by atoms with Crippen molar-refractivity contribution in [2.75, 3.05) is 13.6 Å². The molecule has 3 nitrogen and oxygen atoms in total. The van der Waals surface area contributed by atoms with Crippen LogP contribution in [0.25, 0.3) is 0 Å². The Morgan fingerprint density at radius 3 is 2.62 bits per heavy atom. The second-order valence-corrected chi connectivity index (χ2v) is 1.96. The van der Waals surface area contributed by atoms with Gasteiger partial charge in [-0.2, -0.15) is 0 Å². The average Bonchev–Trinajstić information content (AvgIpc) is 1.62. The first-order valence-electron chi connectivity index (χ1n) is 2.68. The van der Waals surface area contributed by atoms with Crippen LogP contribution in [-0.2, 0) is 4.79 Å². The van der Waals surface area contributed by atoms with E-state index in [4.69, 9.17) is 0 Å². The lowest BCUT2D eigenvalue weighted by molar-refractivity contribution is 0.207. The van der Waals surface area contributed by atoms with Crippen LogP contribution in [0.2, 0.25) is 0 Å². The second kappa shape index (κ2) is 2.13. The minimum Gasteiger partial charge on any atom is -0.322 e. The fourth-order valence-corrected chi connectivity index (χ4v) is 0.668. The van der Waals surface area contributed by atoms with Crippen molar-refractivity contribution in [2.45, 2.75) is 12.6 Å². The third-order valence-corrected chi connectivity index (χ3v) is 1.41. The minimum atomic E-state index is 0.257. The topological polar surface area (TPSA) is 32.3 Å². The van der Waals surface area contributed by atoms with Crippen molar-refractivity contribution in [3.63, 3.8) is 0 Å². The molecule has 3 heteroatoms. The molecular formula is C5H9N2O. The predicted octanol–water partition coefficient (Wildman–Crippen LogP) is -0.695. The monoisotopic (exact) mass is 113 g/mol. The molecule has 1 aliphatic rings. The quantitative estimate of drug-likeness (QED) is 0.480. The molecular weight excluding hydrogens is 104 g/mol. The molecule has 0 spiro atoms. The summed E-state index contributed by atoms with van der Waals surface area (Å²) >= 11 is 0. The summed E-state index contributed by atoms with van der Waals surface area (Å²) in [6, 6.07) is 0. The van der Waals surface area contributed by atoms with E-state index in [1.807, 2.05) is 0 Å². The van der Waals surface area contributed by atoms with Crippen LogP contribution in [0.15, 0.2) is 0 Å². The summed E-state index contributed by atoms with van der Waals surface area (Å²) in [4.78, 5) is 11.4. The van der Waals surface area contributed by atoms with Gasteiger partial charge in [0.15, 0.2) is 0 Å². The van der Waals surface area contributed by atoms with E-state index in [-0.39, 0.29) is 6.17 Å². The molecule has 0 aromatic heterocycles. The van der Waals surface area contributed by atoms with Crippen LogP contribution in [0.4, 0.5) is 0 Å². The summed E-state index contributed by atoms with van der Waals surface area (Å²) in [5, 5.41) is 3.06. The van der Waals surface area contributed by atoms with Crippen molar-refractivity contribution in [3.8, 4) is 0 Å². The van der Waals surface area contributed by atoms with Crippen molar-refractivity contribution in [1.29, 1.82) is 0 Å². The maximum atomic E-state index is 9.90. The number of rotatable bonds is 2. The number of nitrogens with zero attached hydrogens (tertiary/aromatic N) is 1. The molecule has 1 atom stereocenters. The highest BCUT2D eigenvalue weighted by atomic mass is 16.1. The van der Waals surface area contributed by atoms with Gasteiger partial charge in [0.2, 0.25) is 0 Å². The molecule has 1 radical (unpaired) electrons. The molecule has 1 heterocycles. The highest BCUT2D eigenvalue weighted by molar-refractivity contribution is 5.48. The molecule has 0 aromatic carbocycles. The van der Waals surface area contributed by atoms with E-state index in [1.54, 1.807) is 13.5 Å². The van der Waals surface area contributed by atoms with Gasteiger partial charge in [-0.15, -0.1) is 0 Å². The molecule has 45 valence electrons. The average molecular weight is 113 g/mol. The van der Waals surface area contributed by atoms with E-state index >= 15 is 0 Å². The van der Waals surface area contributed by atoms with Gasteiger partial charge in [-0.1, -0.05) is 0 Å². The SMILES string of the molecule is CN([C]=O)C1CCN1. The smallest absolute Gasteiger partial charge is 0.313 e. The minimum absolute atomic E-state index is 0.257. The zero-order chi connectivity index (χ0) is 5.98. The summed E-state index contributed by atoms with van der Waals surface area (Å²) in [5.74, 6) is 0. The van der Waals surface area contributed by atoms with Gasteiger partial charge in [-0.05, 0) is 6.42 Å². The Balaban J connectivity index is 2.22. The van der Waals surface area contributed by atoms with Crippen LogP contribution in [0.5, 0.6) is 0 Å². The number of hydrogen-bond donors (Lipinski definition) is 1. The molecule has 0 saturated carbocycles. The summed E-state index contributed by atoms with van der Waals surface area (Å²) < 4.78 is 0. The molecule has 1 N–H and O–H groups in total. The zero-order valence-corrected chi connectivity index (χ0v) is 4.85. The van der Waals surface area contributed by atoms with E-state index in [0.717, 1.165) is 13.0 Å². The normalized spacial score (nSPS) is 26.4. The Kier molecular flexibility index (Phi) is 1.48. The Morgan fingerprint density at radius 1 is 1.88 bits per heavy atom. The first-order chi connectivity index (χ1) is 3.84. The molecule has 1 aliphatic heterocycles. The largest absolute Gasteiger partial charge is 0.322 e. The van der Waals surface area contributed by atoms with Gasteiger partial charge in [0, 0.05) is 13.6 Å². The van der Waals surface area contributed by atoms with Crippen LogP contribution in [0.3, 0.4) is 0 Å². The zero-order valence-electron chi connectivity index (χ0n) is 4.85. The lowest BCUT2D eigenvalue weighted by Gasteiger charge is -2.32. The van der Waals surface area contributed by atoms with Gasteiger partial charge in [-0.3, -0.25) is 10.1 Å². The number of amides is 1. The van der Waals surface area contributed by atoms with Gasteiger partial charge in [-0.25, -0.2) is 0 Å². The van der Waals surface area contributed by atoms with E-state index < -0.39 is 0 Å². The van der Waals surface area contributed by atoms with Crippen LogP contribution < -0.4 is 5.32 Å². The molecule has 0 aliphatic carbocycles. The van der Waals surface area contributed by atoms with Crippen LogP contribution in [0, 0.1) is 0 Å². The number of nitrogens with one attached hydrogen (secondary N) is 1. The maximum absolute atomic E-state index is 9.90. The van der Waals surface area contributed by atoms with Crippen molar-refractivity contribution in [1.82, 2.24) is 10.2 Å². The van der Waals surface area contributed by atoms with Crippen LogP contribution >= 0.6 is 0 Å². The lowest BCUT2D eigenvalue weighted by atomic mass is 10.2. The highest BCUT2D eigenvalue weighted by Gasteiger charge is 2.19. The Bertz CT molecular complexity index is 90.4. The van der Waals surface area contributed by atoms with Gasteiger partial charge in [0.25, 0.3) is 0 Å². The van der Waals surface area contributed by atoms with Crippen molar-refractivity contribution >= 4 is 6.41 Å². The van der Waals surface area contributed by atoms with Gasteiger partial charge in [0.1, 0.15) is 0 Å². The van der Waals surface area contributed by atoms with E-state index in [1.165, 1.54) is 4.90 Å². The van der Waals surface area contributed by atoms with Crippen molar-refractivity contribution in [2.24, 2.45) is 0 Å². The van der Waals surface area contributed by atoms with E-state index in [2.05, 4.69) is 5.32 Å². The third-order valence-electron chi connectivity index (χ3n) is 1.41. The predicted molar refractivity (Wildman–Crippen MR) is 29.9 cm³/mol. The summed E-state index contributed by atoms with van der Waals surface area (Å²) in [6.45, 7) is 1.02. The van der Waals surface area contributed by atoms with Crippen molar-refractivity contribution in [3.05, 3.63) is 0 Å². The second-order valence-electron chi connectivity index (χ2n) is 1.96. The summed E-state index contributed by atoms with van der Waals surface area (Å²) in [6.07, 6.45) is 3.11. The molecule has 8 heavy (non-hydrogen) atoms. The summed E-state index contributed by atoms with van der Waals surface area (Å²) in [7, 11) is 1.73. The maximum Gasteiger partial charge on any atom is 0.313 e. The summed E-state index contributed by atoms with van der Waals surface area (Å²) in [5.41, 5.74) is 0. The van der Waals surface area contributed by atoms with Crippen molar-refractivity contribution < 1.29 is 4.79 Å². The molecule has 0 bridgehead atoms. The Morgan fingerprint density at radius 2 is 2.50 bits per heavy atom. The lowest BCUT2D eigenvalue weighted by Crippen LogP contribution is -2.52. The number of hydrogen-bond acceptors (Lipinski definition) is 2. The first kappa shape index (κ1) is 5.56. The van der Waals surface area contributed by atoms with Gasteiger partial charge >= 0.3 is 6.41 Å².